The second kappa shape index (κ2) is 6.62. The van der Waals surface area contributed by atoms with Gasteiger partial charge in [0.1, 0.15) is 12.4 Å². The van der Waals surface area contributed by atoms with Crippen molar-refractivity contribution in [3.63, 3.8) is 0 Å². The molecule has 0 amide bonds. The summed E-state index contributed by atoms with van der Waals surface area (Å²) >= 11 is 0. The van der Waals surface area contributed by atoms with Gasteiger partial charge in [0.05, 0.1) is 24.8 Å². The number of pyridine rings is 1. The summed E-state index contributed by atoms with van der Waals surface area (Å²) in [6.07, 6.45) is 0. The van der Waals surface area contributed by atoms with E-state index in [4.69, 9.17) is 18.7 Å². The highest BCUT2D eigenvalue weighted by molar-refractivity contribution is 5.86. The van der Waals surface area contributed by atoms with Crippen molar-refractivity contribution in [1.29, 1.82) is 0 Å². The Labute approximate surface area is 133 Å². The van der Waals surface area contributed by atoms with Crippen LogP contribution in [0.15, 0.2) is 28.8 Å². The Balaban J connectivity index is 2.12. The lowest BCUT2D eigenvalue weighted by molar-refractivity contribution is 0.151. The number of hydrogen-bond acceptors (Lipinski definition) is 7. The molecule has 0 saturated carbocycles. The number of methoxy groups -OCH3 is 2. The lowest BCUT2D eigenvalue weighted by atomic mass is 10.1. The van der Waals surface area contributed by atoms with E-state index in [-0.39, 0.29) is 6.61 Å². The predicted octanol–water partition coefficient (Wildman–Crippen LogP) is 2.84. The molecule has 0 unspecified atom stereocenters. The lowest BCUT2D eigenvalue weighted by Crippen LogP contribution is -1.99. The largest absolute Gasteiger partial charge is 0.497 e. The number of ether oxygens (including phenoxy) is 3. The fourth-order valence-electron chi connectivity index (χ4n) is 2.22. The third kappa shape index (κ3) is 3.09. The monoisotopic (exact) mass is 315 g/mol. The molecule has 2 aromatic heterocycles. The molecule has 7 nitrogen and oxygen atoms in total. The van der Waals surface area contributed by atoms with Gasteiger partial charge < -0.3 is 18.7 Å². The fraction of sp³-hybridized carbons (Fsp3) is 0.312. The summed E-state index contributed by atoms with van der Waals surface area (Å²) in [5, 5.41) is 4.88. The first kappa shape index (κ1) is 15.2. The first-order valence-electron chi connectivity index (χ1n) is 7.18. The van der Waals surface area contributed by atoms with Gasteiger partial charge in [0.2, 0.25) is 11.7 Å². The standard InChI is InChI=1S/C16H17N3O4/c1-4-22-16-12(15-18-14(9-20-2)23-19-15)8-10-7-11(21-3)5-6-13(10)17-16/h5-8H,4,9H2,1-3H3. The zero-order chi connectivity index (χ0) is 16.2. The molecule has 0 bridgehead atoms. The Hall–Kier alpha value is -2.67. The van der Waals surface area contributed by atoms with E-state index in [1.54, 1.807) is 14.2 Å². The highest BCUT2D eigenvalue weighted by Crippen LogP contribution is 2.31. The Morgan fingerprint density at radius 2 is 2.00 bits per heavy atom. The van der Waals surface area contributed by atoms with Crippen LogP contribution in [0.4, 0.5) is 0 Å². The van der Waals surface area contributed by atoms with Crippen molar-refractivity contribution in [2.75, 3.05) is 20.8 Å². The lowest BCUT2D eigenvalue weighted by Gasteiger charge is -2.09. The molecule has 0 aliphatic carbocycles. The van der Waals surface area contributed by atoms with Gasteiger partial charge in [-0.25, -0.2) is 4.98 Å². The second-order valence-electron chi connectivity index (χ2n) is 4.78. The normalized spacial score (nSPS) is 10.9. The van der Waals surface area contributed by atoms with Crippen molar-refractivity contribution in [3.05, 3.63) is 30.2 Å². The zero-order valence-electron chi connectivity index (χ0n) is 13.2. The molecule has 0 spiro atoms. The van der Waals surface area contributed by atoms with Crippen molar-refractivity contribution in [2.45, 2.75) is 13.5 Å². The Morgan fingerprint density at radius 3 is 2.74 bits per heavy atom. The minimum absolute atomic E-state index is 0.256. The molecule has 120 valence electrons. The van der Waals surface area contributed by atoms with Gasteiger partial charge in [0.25, 0.3) is 5.89 Å². The van der Waals surface area contributed by atoms with Crippen LogP contribution in [0, 0.1) is 0 Å². The molecule has 23 heavy (non-hydrogen) atoms. The number of hydrogen-bond donors (Lipinski definition) is 0. The van der Waals surface area contributed by atoms with Crippen LogP contribution >= 0.6 is 0 Å². The van der Waals surface area contributed by atoms with E-state index in [0.717, 1.165) is 16.7 Å². The predicted molar refractivity (Wildman–Crippen MR) is 83.5 cm³/mol. The van der Waals surface area contributed by atoms with Crippen LogP contribution in [-0.2, 0) is 11.3 Å². The number of benzene rings is 1. The van der Waals surface area contributed by atoms with Crippen LogP contribution in [-0.4, -0.2) is 36.0 Å². The quantitative estimate of drug-likeness (QED) is 0.692. The molecule has 0 fully saturated rings. The fourth-order valence-corrected chi connectivity index (χ4v) is 2.22. The van der Waals surface area contributed by atoms with Crippen molar-refractivity contribution in [1.82, 2.24) is 15.1 Å². The number of nitrogens with zero attached hydrogens (tertiary/aromatic N) is 3. The smallest absolute Gasteiger partial charge is 0.252 e. The molecule has 2 heterocycles. The highest BCUT2D eigenvalue weighted by atomic mass is 16.5. The molecule has 0 N–H and O–H groups in total. The maximum atomic E-state index is 5.63. The van der Waals surface area contributed by atoms with E-state index in [2.05, 4.69) is 15.1 Å². The minimum atomic E-state index is 0.256. The van der Waals surface area contributed by atoms with Crippen LogP contribution in [0.2, 0.25) is 0 Å². The Kier molecular flexibility index (Phi) is 4.38. The van der Waals surface area contributed by atoms with Crippen molar-refractivity contribution in [3.8, 4) is 23.0 Å². The van der Waals surface area contributed by atoms with Gasteiger partial charge in [-0.15, -0.1) is 0 Å². The second-order valence-corrected chi connectivity index (χ2v) is 4.78. The van der Waals surface area contributed by atoms with E-state index >= 15 is 0 Å². The first-order chi connectivity index (χ1) is 11.2. The SMILES string of the molecule is CCOc1nc2ccc(OC)cc2cc1-c1noc(COC)n1. The first-order valence-corrected chi connectivity index (χ1v) is 7.18. The van der Waals surface area contributed by atoms with Crippen LogP contribution in [0.1, 0.15) is 12.8 Å². The number of aromatic nitrogens is 3. The summed E-state index contributed by atoms with van der Waals surface area (Å²) in [4.78, 5) is 8.85. The third-order valence-electron chi connectivity index (χ3n) is 3.24. The van der Waals surface area contributed by atoms with Crippen LogP contribution in [0.3, 0.4) is 0 Å². The molecule has 0 saturated heterocycles. The van der Waals surface area contributed by atoms with Crippen molar-refractivity contribution in [2.24, 2.45) is 0 Å². The summed E-state index contributed by atoms with van der Waals surface area (Å²) in [7, 11) is 3.19. The summed E-state index contributed by atoms with van der Waals surface area (Å²) < 4.78 is 21.0. The van der Waals surface area contributed by atoms with Gasteiger partial charge in [-0.3, -0.25) is 0 Å². The third-order valence-corrected chi connectivity index (χ3v) is 3.24. The Morgan fingerprint density at radius 1 is 1.13 bits per heavy atom. The molecule has 0 atom stereocenters. The van der Waals surface area contributed by atoms with E-state index in [1.807, 2.05) is 31.2 Å². The topological polar surface area (TPSA) is 79.5 Å². The summed E-state index contributed by atoms with van der Waals surface area (Å²) in [6.45, 7) is 2.65. The summed E-state index contributed by atoms with van der Waals surface area (Å²) in [6, 6.07) is 7.55. The van der Waals surface area contributed by atoms with Crippen molar-refractivity contribution < 1.29 is 18.7 Å². The van der Waals surface area contributed by atoms with Gasteiger partial charge in [0, 0.05) is 12.5 Å². The molecule has 3 aromatic rings. The van der Waals surface area contributed by atoms with Gasteiger partial charge in [-0.1, -0.05) is 5.16 Å². The van der Waals surface area contributed by atoms with E-state index in [1.165, 1.54) is 0 Å². The van der Waals surface area contributed by atoms with Crippen LogP contribution in [0.25, 0.3) is 22.3 Å². The van der Waals surface area contributed by atoms with Crippen LogP contribution in [0.5, 0.6) is 11.6 Å². The molecular weight excluding hydrogens is 298 g/mol. The maximum Gasteiger partial charge on any atom is 0.252 e. The maximum absolute atomic E-state index is 5.63. The van der Waals surface area contributed by atoms with Gasteiger partial charge in [0.15, 0.2) is 0 Å². The average Bonchev–Trinajstić information content (AvgIpc) is 3.03. The van der Waals surface area contributed by atoms with E-state index in [0.29, 0.717) is 29.8 Å². The molecule has 0 aliphatic rings. The average molecular weight is 315 g/mol. The summed E-state index contributed by atoms with van der Waals surface area (Å²) in [5.74, 6) is 2.03. The minimum Gasteiger partial charge on any atom is -0.497 e. The van der Waals surface area contributed by atoms with Crippen LogP contribution < -0.4 is 9.47 Å². The highest BCUT2D eigenvalue weighted by Gasteiger charge is 2.16. The molecule has 3 rings (SSSR count). The molecule has 7 heteroatoms. The molecule has 0 aliphatic heterocycles. The molecular formula is C16H17N3O4. The van der Waals surface area contributed by atoms with Gasteiger partial charge in [-0.05, 0) is 31.2 Å². The van der Waals surface area contributed by atoms with Gasteiger partial charge in [-0.2, -0.15) is 4.98 Å². The van der Waals surface area contributed by atoms with E-state index in [9.17, 15) is 0 Å². The number of rotatable bonds is 6. The summed E-state index contributed by atoms with van der Waals surface area (Å²) in [5.41, 5.74) is 1.47. The molecule has 1 aromatic carbocycles. The Bertz CT molecular complexity index is 816. The molecule has 0 radical (unpaired) electrons. The number of fused-ring (bicyclic) bond motifs is 1. The zero-order valence-corrected chi connectivity index (χ0v) is 13.2. The van der Waals surface area contributed by atoms with Crippen molar-refractivity contribution >= 4 is 10.9 Å². The van der Waals surface area contributed by atoms with Gasteiger partial charge >= 0.3 is 0 Å². The van der Waals surface area contributed by atoms with E-state index < -0.39 is 0 Å².